The second-order valence-corrected chi connectivity index (χ2v) is 4.34. The summed E-state index contributed by atoms with van der Waals surface area (Å²) in [5, 5.41) is 8.95. The molecule has 0 atom stereocenters. The zero-order valence-electron chi connectivity index (χ0n) is 10.4. The summed E-state index contributed by atoms with van der Waals surface area (Å²) in [6, 6.07) is 7.49. The van der Waals surface area contributed by atoms with Crippen molar-refractivity contribution in [1.29, 1.82) is 5.26 Å². The van der Waals surface area contributed by atoms with Gasteiger partial charge in [-0.2, -0.15) is 5.26 Å². The van der Waals surface area contributed by atoms with Gasteiger partial charge in [0.05, 0.1) is 29.6 Å². The SMILES string of the molecule is CN1CCCN(C(=O)CN)c2ccc(C#N)cc21. The molecular weight excluding hydrogens is 228 g/mol. The third-order valence-corrected chi connectivity index (χ3v) is 3.16. The lowest BCUT2D eigenvalue weighted by molar-refractivity contribution is -0.117. The molecule has 5 nitrogen and oxygen atoms in total. The molecule has 0 saturated heterocycles. The van der Waals surface area contributed by atoms with E-state index in [1.165, 1.54) is 0 Å². The highest BCUT2D eigenvalue weighted by molar-refractivity contribution is 5.98. The number of hydrogen-bond acceptors (Lipinski definition) is 4. The van der Waals surface area contributed by atoms with Gasteiger partial charge >= 0.3 is 0 Å². The van der Waals surface area contributed by atoms with Gasteiger partial charge in [-0.3, -0.25) is 4.79 Å². The van der Waals surface area contributed by atoms with Gasteiger partial charge in [0.2, 0.25) is 5.91 Å². The first-order chi connectivity index (χ1) is 8.67. The molecule has 0 saturated carbocycles. The van der Waals surface area contributed by atoms with Crippen LogP contribution in [0.3, 0.4) is 0 Å². The fourth-order valence-corrected chi connectivity index (χ4v) is 2.20. The maximum Gasteiger partial charge on any atom is 0.240 e. The molecule has 18 heavy (non-hydrogen) atoms. The van der Waals surface area contributed by atoms with Crippen molar-refractivity contribution in [3.8, 4) is 6.07 Å². The second-order valence-electron chi connectivity index (χ2n) is 4.34. The number of anilines is 2. The number of nitrogens with zero attached hydrogens (tertiary/aromatic N) is 3. The van der Waals surface area contributed by atoms with Crippen molar-refractivity contribution in [1.82, 2.24) is 0 Å². The van der Waals surface area contributed by atoms with Crippen LogP contribution in [0.2, 0.25) is 0 Å². The lowest BCUT2D eigenvalue weighted by Crippen LogP contribution is -2.36. The Morgan fingerprint density at radius 2 is 2.22 bits per heavy atom. The molecule has 1 aromatic rings. The van der Waals surface area contributed by atoms with Crippen LogP contribution in [0.5, 0.6) is 0 Å². The molecule has 1 aromatic carbocycles. The first-order valence-corrected chi connectivity index (χ1v) is 5.93. The average Bonchev–Trinajstić information content (AvgIpc) is 2.57. The summed E-state index contributed by atoms with van der Waals surface area (Å²) in [6.07, 6.45) is 0.888. The highest BCUT2D eigenvalue weighted by Gasteiger charge is 2.22. The molecule has 1 aliphatic heterocycles. The van der Waals surface area contributed by atoms with Crippen molar-refractivity contribution >= 4 is 17.3 Å². The number of benzene rings is 1. The van der Waals surface area contributed by atoms with Gasteiger partial charge in [-0.15, -0.1) is 0 Å². The van der Waals surface area contributed by atoms with Gasteiger partial charge in [0.1, 0.15) is 0 Å². The molecule has 0 bridgehead atoms. The normalized spacial score (nSPS) is 14.7. The zero-order valence-corrected chi connectivity index (χ0v) is 10.4. The second kappa shape index (κ2) is 5.07. The van der Waals surface area contributed by atoms with Gasteiger partial charge in [-0.1, -0.05) is 0 Å². The topological polar surface area (TPSA) is 73.4 Å². The average molecular weight is 244 g/mol. The molecular formula is C13H16N4O. The highest BCUT2D eigenvalue weighted by Crippen LogP contribution is 2.32. The largest absolute Gasteiger partial charge is 0.373 e. The van der Waals surface area contributed by atoms with Crippen LogP contribution in [-0.2, 0) is 4.79 Å². The molecule has 0 radical (unpaired) electrons. The van der Waals surface area contributed by atoms with Gasteiger partial charge in [-0.05, 0) is 24.6 Å². The van der Waals surface area contributed by atoms with E-state index in [1.54, 1.807) is 11.0 Å². The molecule has 2 N–H and O–H groups in total. The molecule has 0 aliphatic carbocycles. The molecule has 5 heteroatoms. The fourth-order valence-electron chi connectivity index (χ4n) is 2.20. The maximum absolute atomic E-state index is 11.9. The van der Waals surface area contributed by atoms with E-state index in [0.717, 1.165) is 24.3 Å². The van der Waals surface area contributed by atoms with Crippen molar-refractivity contribution < 1.29 is 4.79 Å². The summed E-state index contributed by atoms with van der Waals surface area (Å²) in [5.74, 6) is -0.0868. The highest BCUT2D eigenvalue weighted by atomic mass is 16.2. The fraction of sp³-hybridized carbons (Fsp3) is 0.385. The monoisotopic (exact) mass is 244 g/mol. The van der Waals surface area contributed by atoms with Crippen molar-refractivity contribution in [3.05, 3.63) is 23.8 Å². The standard InChI is InChI=1S/C13H16N4O/c1-16-5-2-6-17(13(18)9-15)11-4-3-10(8-14)7-12(11)16/h3-4,7H,2,5-6,9,15H2,1H3. The number of nitriles is 1. The van der Waals surface area contributed by atoms with E-state index in [2.05, 4.69) is 11.0 Å². The molecule has 0 spiro atoms. The quantitative estimate of drug-likeness (QED) is 0.788. The number of fused-ring (bicyclic) bond motifs is 1. The van der Waals surface area contributed by atoms with E-state index in [0.29, 0.717) is 12.1 Å². The van der Waals surface area contributed by atoms with Crippen molar-refractivity contribution in [2.24, 2.45) is 5.73 Å². The van der Waals surface area contributed by atoms with Gasteiger partial charge in [-0.25, -0.2) is 0 Å². The van der Waals surface area contributed by atoms with Gasteiger partial charge in [0, 0.05) is 20.1 Å². The third-order valence-electron chi connectivity index (χ3n) is 3.16. The van der Waals surface area contributed by atoms with Gasteiger partial charge < -0.3 is 15.5 Å². The third kappa shape index (κ3) is 2.15. The van der Waals surface area contributed by atoms with E-state index >= 15 is 0 Å². The number of carbonyl (C=O) groups excluding carboxylic acids is 1. The Morgan fingerprint density at radius 3 is 2.89 bits per heavy atom. The van der Waals surface area contributed by atoms with Crippen LogP contribution < -0.4 is 15.5 Å². The number of amides is 1. The molecule has 0 aromatic heterocycles. The lowest BCUT2D eigenvalue weighted by atomic mass is 10.1. The Morgan fingerprint density at radius 1 is 1.44 bits per heavy atom. The molecule has 1 amide bonds. The first kappa shape index (κ1) is 12.4. The van der Waals surface area contributed by atoms with Crippen LogP contribution in [0.1, 0.15) is 12.0 Å². The van der Waals surface area contributed by atoms with Crippen LogP contribution >= 0.6 is 0 Å². The van der Waals surface area contributed by atoms with Crippen LogP contribution in [0, 0.1) is 11.3 Å². The van der Waals surface area contributed by atoms with Crippen molar-refractivity contribution in [3.63, 3.8) is 0 Å². The van der Waals surface area contributed by atoms with Gasteiger partial charge in [0.15, 0.2) is 0 Å². The Kier molecular flexibility index (Phi) is 3.49. The van der Waals surface area contributed by atoms with Crippen LogP contribution in [0.25, 0.3) is 0 Å². The summed E-state index contributed by atoms with van der Waals surface area (Å²) in [6.45, 7) is 1.53. The molecule has 1 heterocycles. The first-order valence-electron chi connectivity index (χ1n) is 5.93. The Hall–Kier alpha value is -2.06. The van der Waals surface area contributed by atoms with Crippen molar-refractivity contribution in [2.75, 3.05) is 36.5 Å². The van der Waals surface area contributed by atoms with Crippen LogP contribution in [0.15, 0.2) is 18.2 Å². The van der Waals surface area contributed by atoms with E-state index in [-0.39, 0.29) is 12.5 Å². The lowest BCUT2D eigenvalue weighted by Gasteiger charge is -2.24. The zero-order chi connectivity index (χ0) is 13.1. The minimum atomic E-state index is -0.0868. The smallest absolute Gasteiger partial charge is 0.240 e. The van der Waals surface area contributed by atoms with Crippen LogP contribution in [0.4, 0.5) is 11.4 Å². The number of nitrogens with two attached hydrogens (primary N) is 1. The maximum atomic E-state index is 11.9. The number of carbonyl (C=O) groups is 1. The summed E-state index contributed by atoms with van der Waals surface area (Å²) in [5.41, 5.74) is 7.79. The van der Waals surface area contributed by atoms with E-state index in [4.69, 9.17) is 11.0 Å². The molecule has 0 unspecified atom stereocenters. The summed E-state index contributed by atoms with van der Waals surface area (Å²) >= 11 is 0. The van der Waals surface area contributed by atoms with Crippen LogP contribution in [-0.4, -0.2) is 32.6 Å². The molecule has 94 valence electrons. The van der Waals surface area contributed by atoms with E-state index < -0.39 is 0 Å². The van der Waals surface area contributed by atoms with E-state index in [9.17, 15) is 4.79 Å². The minimum Gasteiger partial charge on any atom is -0.373 e. The molecule has 1 aliphatic rings. The summed E-state index contributed by atoms with van der Waals surface area (Å²) < 4.78 is 0. The Labute approximate surface area is 106 Å². The van der Waals surface area contributed by atoms with E-state index in [1.807, 2.05) is 19.2 Å². The Balaban J connectivity index is 2.50. The predicted octanol–water partition coefficient (Wildman–Crippen LogP) is 0.690. The predicted molar refractivity (Wildman–Crippen MR) is 70.5 cm³/mol. The minimum absolute atomic E-state index is 0.00313. The van der Waals surface area contributed by atoms with Crippen molar-refractivity contribution in [2.45, 2.75) is 6.42 Å². The molecule has 0 fully saturated rings. The number of hydrogen-bond donors (Lipinski definition) is 1. The number of rotatable bonds is 1. The summed E-state index contributed by atoms with van der Waals surface area (Å²) in [4.78, 5) is 15.6. The summed E-state index contributed by atoms with van der Waals surface area (Å²) in [7, 11) is 1.97. The molecule has 2 rings (SSSR count). The van der Waals surface area contributed by atoms with Gasteiger partial charge in [0.25, 0.3) is 0 Å². The Bertz CT molecular complexity index is 506.